The second-order valence-electron chi connectivity index (χ2n) is 4.04. The predicted octanol–water partition coefficient (Wildman–Crippen LogP) is 3.08. The second kappa shape index (κ2) is 5.27. The third-order valence-electron chi connectivity index (χ3n) is 2.70. The number of aromatic nitrogens is 2. The molecule has 0 amide bonds. The van der Waals surface area contributed by atoms with Crippen molar-refractivity contribution in [2.45, 2.75) is 0 Å². The highest BCUT2D eigenvalue weighted by atomic mass is 15.3. The van der Waals surface area contributed by atoms with E-state index >= 15 is 0 Å². The molecule has 0 radical (unpaired) electrons. The Hall–Kier alpha value is -2.75. The number of benzene rings is 1. The molecular weight excluding hydrogens is 236 g/mol. The van der Waals surface area contributed by atoms with Crippen molar-refractivity contribution in [2.24, 2.45) is 5.10 Å². The molecule has 3 rings (SSSR count). The minimum absolute atomic E-state index is 0.726. The van der Waals surface area contributed by atoms with E-state index in [0.29, 0.717) is 0 Å². The number of anilines is 1. The molecule has 0 fully saturated rings. The third-order valence-corrected chi connectivity index (χ3v) is 2.70. The Balaban J connectivity index is 1.77. The van der Waals surface area contributed by atoms with Crippen molar-refractivity contribution >= 4 is 22.9 Å². The summed E-state index contributed by atoms with van der Waals surface area (Å²) < 4.78 is 0. The lowest BCUT2D eigenvalue weighted by Crippen LogP contribution is -1.93. The number of pyridine rings is 2. The lowest BCUT2D eigenvalue weighted by atomic mass is 10.2. The van der Waals surface area contributed by atoms with E-state index < -0.39 is 0 Å². The van der Waals surface area contributed by atoms with E-state index in [0.717, 1.165) is 22.3 Å². The van der Waals surface area contributed by atoms with E-state index in [1.165, 1.54) is 0 Å². The molecule has 2 heterocycles. The third kappa shape index (κ3) is 2.74. The maximum Gasteiger partial charge on any atom is 0.146 e. The van der Waals surface area contributed by atoms with Gasteiger partial charge in [-0.25, -0.2) is 4.98 Å². The van der Waals surface area contributed by atoms with Gasteiger partial charge in [0.15, 0.2) is 0 Å². The van der Waals surface area contributed by atoms with Crippen LogP contribution < -0.4 is 5.43 Å². The minimum Gasteiger partial charge on any atom is -0.265 e. The van der Waals surface area contributed by atoms with Crippen LogP contribution in [0.15, 0.2) is 66.0 Å². The van der Waals surface area contributed by atoms with Gasteiger partial charge in [-0.2, -0.15) is 5.10 Å². The summed E-state index contributed by atoms with van der Waals surface area (Å²) in [5, 5.41) is 5.27. The fraction of sp³-hybridized carbons (Fsp3) is 0. The van der Waals surface area contributed by atoms with Crippen molar-refractivity contribution in [1.82, 2.24) is 9.97 Å². The zero-order chi connectivity index (χ0) is 12.9. The van der Waals surface area contributed by atoms with Crippen LogP contribution in [-0.2, 0) is 0 Å². The Morgan fingerprint density at radius 2 is 1.79 bits per heavy atom. The molecule has 0 atom stereocenters. The van der Waals surface area contributed by atoms with Gasteiger partial charge in [-0.05, 0) is 35.9 Å². The normalized spacial score (nSPS) is 10.9. The van der Waals surface area contributed by atoms with Crippen LogP contribution in [-0.4, -0.2) is 16.2 Å². The molecule has 92 valence electrons. The Bertz CT molecular complexity index is 707. The van der Waals surface area contributed by atoms with Crippen LogP contribution >= 0.6 is 0 Å². The molecule has 0 aliphatic heterocycles. The van der Waals surface area contributed by atoms with Crippen molar-refractivity contribution in [3.05, 3.63) is 66.5 Å². The summed E-state index contributed by atoms with van der Waals surface area (Å²) in [6, 6.07) is 15.7. The zero-order valence-electron chi connectivity index (χ0n) is 10.2. The molecule has 1 aromatic carbocycles. The number of nitrogens with zero attached hydrogens (tertiary/aromatic N) is 3. The first kappa shape index (κ1) is 11.3. The van der Waals surface area contributed by atoms with Crippen molar-refractivity contribution < 1.29 is 0 Å². The van der Waals surface area contributed by atoms with Gasteiger partial charge in [0.25, 0.3) is 0 Å². The van der Waals surface area contributed by atoms with Crippen molar-refractivity contribution in [2.75, 3.05) is 5.43 Å². The van der Waals surface area contributed by atoms with Gasteiger partial charge in [0, 0.05) is 17.8 Å². The van der Waals surface area contributed by atoms with Gasteiger partial charge in [-0.1, -0.05) is 18.2 Å². The van der Waals surface area contributed by atoms with Gasteiger partial charge in [-0.15, -0.1) is 0 Å². The maximum absolute atomic E-state index is 4.47. The standard InChI is InChI=1S/C15H12N4/c1-2-4-14-13(3-1)5-6-15(18-14)19-17-11-12-7-9-16-10-8-12/h1-11H,(H,18,19)/b17-11+. The largest absolute Gasteiger partial charge is 0.265 e. The van der Waals surface area contributed by atoms with Crippen LogP contribution in [0.3, 0.4) is 0 Å². The predicted molar refractivity (Wildman–Crippen MR) is 77.2 cm³/mol. The highest BCUT2D eigenvalue weighted by Gasteiger charge is 1.95. The number of para-hydroxylation sites is 1. The summed E-state index contributed by atoms with van der Waals surface area (Å²) in [6.07, 6.45) is 5.20. The van der Waals surface area contributed by atoms with Crippen LogP contribution in [0.25, 0.3) is 10.9 Å². The highest BCUT2D eigenvalue weighted by molar-refractivity contribution is 5.81. The topological polar surface area (TPSA) is 50.2 Å². The first-order valence-corrected chi connectivity index (χ1v) is 5.97. The highest BCUT2D eigenvalue weighted by Crippen LogP contribution is 2.14. The van der Waals surface area contributed by atoms with Gasteiger partial charge in [0.05, 0.1) is 11.7 Å². The summed E-state index contributed by atoms with van der Waals surface area (Å²) >= 11 is 0. The smallest absolute Gasteiger partial charge is 0.146 e. The maximum atomic E-state index is 4.47. The average molecular weight is 248 g/mol. The molecule has 0 aliphatic rings. The molecule has 3 aromatic rings. The molecular formula is C15H12N4. The summed E-state index contributed by atoms with van der Waals surface area (Å²) in [6.45, 7) is 0. The Labute approximate surface area is 110 Å². The number of hydrazone groups is 1. The zero-order valence-corrected chi connectivity index (χ0v) is 10.2. The number of nitrogens with one attached hydrogen (secondary N) is 1. The molecule has 0 unspecified atom stereocenters. The van der Waals surface area contributed by atoms with Gasteiger partial charge >= 0.3 is 0 Å². The van der Waals surface area contributed by atoms with Gasteiger partial charge < -0.3 is 0 Å². The van der Waals surface area contributed by atoms with Crippen LogP contribution in [0.1, 0.15) is 5.56 Å². The molecule has 4 nitrogen and oxygen atoms in total. The molecule has 19 heavy (non-hydrogen) atoms. The van der Waals surface area contributed by atoms with E-state index in [9.17, 15) is 0 Å². The van der Waals surface area contributed by atoms with Crippen LogP contribution in [0.2, 0.25) is 0 Å². The SMILES string of the molecule is C(=N\Nc1ccc2ccccc2n1)/c1ccncc1. The summed E-state index contributed by atoms with van der Waals surface area (Å²) in [7, 11) is 0. The van der Waals surface area contributed by atoms with E-state index in [-0.39, 0.29) is 0 Å². The average Bonchev–Trinajstić information content (AvgIpc) is 2.48. The number of hydrogen-bond donors (Lipinski definition) is 1. The van der Waals surface area contributed by atoms with E-state index in [4.69, 9.17) is 0 Å². The van der Waals surface area contributed by atoms with Gasteiger partial charge in [0.2, 0.25) is 0 Å². The summed E-state index contributed by atoms with van der Waals surface area (Å²) in [4.78, 5) is 8.42. The molecule has 1 N–H and O–H groups in total. The summed E-state index contributed by atoms with van der Waals surface area (Å²) in [5.41, 5.74) is 4.86. The number of rotatable bonds is 3. The van der Waals surface area contributed by atoms with E-state index in [1.807, 2.05) is 48.5 Å². The molecule has 0 saturated heterocycles. The fourth-order valence-electron chi connectivity index (χ4n) is 1.75. The van der Waals surface area contributed by atoms with Crippen molar-refractivity contribution in [1.29, 1.82) is 0 Å². The van der Waals surface area contributed by atoms with E-state index in [2.05, 4.69) is 20.5 Å². The monoisotopic (exact) mass is 248 g/mol. The second-order valence-corrected chi connectivity index (χ2v) is 4.04. The van der Waals surface area contributed by atoms with Crippen molar-refractivity contribution in [3.63, 3.8) is 0 Å². The fourth-order valence-corrected chi connectivity index (χ4v) is 1.75. The lowest BCUT2D eigenvalue weighted by Gasteiger charge is -2.01. The molecule has 0 aliphatic carbocycles. The number of hydrogen-bond acceptors (Lipinski definition) is 4. The first-order chi connectivity index (χ1) is 9.42. The lowest BCUT2D eigenvalue weighted by molar-refractivity contribution is 1.26. The Morgan fingerprint density at radius 1 is 0.947 bits per heavy atom. The molecule has 4 heteroatoms. The quantitative estimate of drug-likeness (QED) is 0.572. The van der Waals surface area contributed by atoms with Crippen LogP contribution in [0.4, 0.5) is 5.82 Å². The molecule has 0 bridgehead atoms. The van der Waals surface area contributed by atoms with Crippen molar-refractivity contribution in [3.8, 4) is 0 Å². The molecule has 0 saturated carbocycles. The Kier molecular flexibility index (Phi) is 3.14. The molecule has 2 aromatic heterocycles. The minimum atomic E-state index is 0.726. The van der Waals surface area contributed by atoms with Crippen LogP contribution in [0.5, 0.6) is 0 Å². The van der Waals surface area contributed by atoms with Crippen LogP contribution in [0, 0.1) is 0 Å². The van der Waals surface area contributed by atoms with Gasteiger partial charge in [-0.3, -0.25) is 10.4 Å². The van der Waals surface area contributed by atoms with E-state index in [1.54, 1.807) is 18.6 Å². The Morgan fingerprint density at radius 3 is 2.68 bits per heavy atom. The summed E-state index contributed by atoms with van der Waals surface area (Å²) in [5.74, 6) is 0.726. The first-order valence-electron chi connectivity index (χ1n) is 5.97. The molecule has 0 spiro atoms. The van der Waals surface area contributed by atoms with Gasteiger partial charge in [0.1, 0.15) is 5.82 Å². The number of fused-ring (bicyclic) bond motifs is 1.